The third-order valence-corrected chi connectivity index (χ3v) is 4.78. The lowest BCUT2D eigenvalue weighted by atomic mass is 9.72. The average Bonchev–Trinajstić information content (AvgIpc) is 2.59. The minimum atomic E-state index is -1.20. The van der Waals surface area contributed by atoms with Gasteiger partial charge in [0.05, 0.1) is 5.60 Å². The SMILES string of the molecule is CN(C)C[C@H](c1ccc(OC(=O)C=CC(=O)O)cc1)C1(O)CCCCC1. The molecule has 0 unspecified atom stereocenters. The Hall–Kier alpha value is -2.18. The van der Waals surface area contributed by atoms with E-state index in [0.29, 0.717) is 5.75 Å². The van der Waals surface area contributed by atoms with Crippen LogP contribution in [-0.4, -0.2) is 53.3 Å². The van der Waals surface area contributed by atoms with Crippen molar-refractivity contribution in [2.45, 2.75) is 43.6 Å². The van der Waals surface area contributed by atoms with Crippen LogP contribution in [-0.2, 0) is 9.59 Å². The summed E-state index contributed by atoms with van der Waals surface area (Å²) in [5, 5.41) is 19.7. The van der Waals surface area contributed by atoms with E-state index in [-0.39, 0.29) is 5.92 Å². The van der Waals surface area contributed by atoms with Gasteiger partial charge >= 0.3 is 11.9 Å². The first-order valence-electron chi connectivity index (χ1n) is 8.90. The molecule has 0 spiro atoms. The second kappa shape index (κ2) is 8.96. The number of nitrogens with zero attached hydrogens (tertiary/aromatic N) is 1. The molecule has 0 aliphatic heterocycles. The van der Waals surface area contributed by atoms with Crippen LogP contribution in [0.3, 0.4) is 0 Å². The standard InChI is InChI=1S/C20H27NO5/c1-21(2)14-17(20(25)12-4-3-5-13-20)15-6-8-16(9-7-15)26-19(24)11-10-18(22)23/h6-11,17,25H,3-5,12-14H2,1-2H3,(H,22,23)/t17-/m1/s1. The lowest BCUT2D eigenvalue weighted by molar-refractivity contribution is -0.133. The number of aliphatic carboxylic acids is 1. The highest BCUT2D eigenvalue weighted by Gasteiger charge is 2.38. The van der Waals surface area contributed by atoms with Gasteiger partial charge in [0, 0.05) is 24.6 Å². The van der Waals surface area contributed by atoms with Crippen LogP contribution in [0.25, 0.3) is 0 Å². The monoisotopic (exact) mass is 361 g/mol. The zero-order chi connectivity index (χ0) is 19.2. The summed E-state index contributed by atoms with van der Waals surface area (Å²) in [5.74, 6) is -1.62. The highest BCUT2D eigenvalue weighted by molar-refractivity contribution is 5.91. The van der Waals surface area contributed by atoms with Gasteiger partial charge < -0.3 is 19.8 Å². The Morgan fingerprint density at radius 2 is 1.77 bits per heavy atom. The molecule has 1 aromatic rings. The molecule has 1 aromatic carbocycles. The van der Waals surface area contributed by atoms with Crippen LogP contribution in [0, 0.1) is 0 Å². The second-order valence-corrected chi connectivity index (χ2v) is 7.14. The fourth-order valence-corrected chi connectivity index (χ4v) is 3.52. The van der Waals surface area contributed by atoms with Gasteiger partial charge in [-0.15, -0.1) is 0 Å². The molecular weight excluding hydrogens is 334 g/mol. The van der Waals surface area contributed by atoms with Crippen molar-refractivity contribution in [2.75, 3.05) is 20.6 Å². The summed E-state index contributed by atoms with van der Waals surface area (Å²) in [4.78, 5) is 24.1. The zero-order valence-electron chi connectivity index (χ0n) is 15.4. The van der Waals surface area contributed by atoms with Crippen molar-refractivity contribution in [1.29, 1.82) is 0 Å². The number of carbonyl (C=O) groups excluding carboxylic acids is 1. The fraction of sp³-hybridized carbons (Fsp3) is 0.500. The van der Waals surface area contributed by atoms with E-state index in [1.165, 1.54) is 0 Å². The number of aliphatic hydroxyl groups is 1. The molecule has 2 N–H and O–H groups in total. The molecule has 0 amide bonds. The van der Waals surface area contributed by atoms with Gasteiger partial charge in [0.1, 0.15) is 5.75 Å². The van der Waals surface area contributed by atoms with Crippen LogP contribution in [0.1, 0.15) is 43.6 Å². The van der Waals surface area contributed by atoms with Gasteiger partial charge in [-0.25, -0.2) is 9.59 Å². The number of carboxylic acids is 1. The van der Waals surface area contributed by atoms with E-state index < -0.39 is 17.5 Å². The maximum absolute atomic E-state index is 11.6. The number of carbonyl (C=O) groups is 2. The quantitative estimate of drug-likeness (QED) is 0.441. The molecule has 0 heterocycles. The Morgan fingerprint density at radius 3 is 2.31 bits per heavy atom. The number of likely N-dealkylation sites (N-methyl/N-ethyl adjacent to an activating group) is 1. The Labute approximate surface area is 154 Å². The van der Waals surface area contributed by atoms with Gasteiger partial charge in [-0.05, 0) is 44.6 Å². The van der Waals surface area contributed by atoms with Crippen molar-refractivity contribution in [1.82, 2.24) is 4.90 Å². The molecule has 1 saturated carbocycles. The van der Waals surface area contributed by atoms with E-state index in [4.69, 9.17) is 9.84 Å². The van der Waals surface area contributed by atoms with Crippen molar-refractivity contribution < 1.29 is 24.5 Å². The first-order chi connectivity index (χ1) is 12.3. The summed E-state index contributed by atoms with van der Waals surface area (Å²) >= 11 is 0. The Balaban J connectivity index is 2.14. The normalized spacial score (nSPS) is 18.0. The van der Waals surface area contributed by atoms with Crippen LogP contribution in [0.4, 0.5) is 0 Å². The number of benzene rings is 1. The molecule has 1 atom stereocenters. The zero-order valence-corrected chi connectivity index (χ0v) is 15.4. The van der Waals surface area contributed by atoms with Crippen molar-refractivity contribution in [2.24, 2.45) is 0 Å². The number of esters is 1. The van der Waals surface area contributed by atoms with E-state index in [0.717, 1.165) is 56.4 Å². The fourth-order valence-electron chi connectivity index (χ4n) is 3.52. The van der Waals surface area contributed by atoms with Gasteiger partial charge in [-0.1, -0.05) is 31.4 Å². The highest BCUT2D eigenvalue weighted by Crippen LogP contribution is 2.40. The van der Waals surface area contributed by atoms with Crippen LogP contribution in [0.5, 0.6) is 5.75 Å². The van der Waals surface area contributed by atoms with Gasteiger partial charge in [-0.3, -0.25) is 0 Å². The molecular formula is C20H27NO5. The number of hydrogen-bond donors (Lipinski definition) is 2. The molecule has 1 fully saturated rings. The maximum atomic E-state index is 11.6. The van der Waals surface area contributed by atoms with E-state index in [2.05, 4.69) is 4.90 Å². The average molecular weight is 361 g/mol. The molecule has 142 valence electrons. The summed E-state index contributed by atoms with van der Waals surface area (Å²) in [6, 6.07) is 7.09. The number of rotatable bonds is 7. The molecule has 1 aliphatic carbocycles. The Morgan fingerprint density at radius 1 is 1.15 bits per heavy atom. The largest absolute Gasteiger partial charge is 0.478 e. The molecule has 6 heteroatoms. The molecule has 0 saturated heterocycles. The first-order valence-corrected chi connectivity index (χ1v) is 8.90. The van der Waals surface area contributed by atoms with E-state index in [1.54, 1.807) is 12.1 Å². The minimum Gasteiger partial charge on any atom is -0.478 e. The third kappa shape index (κ3) is 5.68. The van der Waals surface area contributed by atoms with Crippen molar-refractivity contribution in [3.8, 4) is 5.75 Å². The summed E-state index contributed by atoms with van der Waals surface area (Å²) in [6.07, 6.45) is 6.43. The molecule has 26 heavy (non-hydrogen) atoms. The van der Waals surface area contributed by atoms with Crippen molar-refractivity contribution >= 4 is 11.9 Å². The smallest absolute Gasteiger partial charge is 0.336 e. The minimum absolute atomic E-state index is 0.0190. The first kappa shape index (κ1) is 20.1. The van der Waals surface area contributed by atoms with Crippen LogP contribution in [0.15, 0.2) is 36.4 Å². The second-order valence-electron chi connectivity index (χ2n) is 7.14. The van der Waals surface area contributed by atoms with Crippen molar-refractivity contribution in [3.63, 3.8) is 0 Å². The molecule has 0 radical (unpaired) electrons. The van der Waals surface area contributed by atoms with E-state index in [9.17, 15) is 14.7 Å². The highest BCUT2D eigenvalue weighted by atomic mass is 16.5. The van der Waals surface area contributed by atoms with Gasteiger partial charge in [0.2, 0.25) is 0 Å². The number of carboxylic acid groups (broad SMARTS) is 1. The van der Waals surface area contributed by atoms with Gasteiger partial charge in [0.25, 0.3) is 0 Å². The van der Waals surface area contributed by atoms with Crippen LogP contribution < -0.4 is 4.74 Å². The molecule has 0 bridgehead atoms. The lowest BCUT2D eigenvalue weighted by Gasteiger charge is -2.40. The maximum Gasteiger partial charge on any atom is 0.336 e. The van der Waals surface area contributed by atoms with E-state index >= 15 is 0 Å². The predicted molar refractivity (Wildman–Crippen MR) is 98.2 cm³/mol. The van der Waals surface area contributed by atoms with Crippen LogP contribution >= 0.6 is 0 Å². The van der Waals surface area contributed by atoms with Crippen LogP contribution in [0.2, 0.25) is 0 Å². The molecule has 6 nitrogen and oxygen atoms in total. The van der Waals surface area contributed by atoms with Gasteiger partial charge in [0.15, 0.2) is 0 Å². The van der Waals surface area contributed by atoms with Crippen molar-refractivity contribution in [3.05, 3.63) is 42.0 Å². The molecule has 2 rings (SSSR count). The lowest BCUT2D eigenvalue weighted by Crippen LogP contribution is -2.42. The Bertz CT molecular complexity index is 645. The number of hydrogen-bond acceptors (Lipinski definition) is 5. The predicted octanol–water partition coefficient (Wildman–Crippen LogP) is 2.57. The molecule has 0 aromatic heterocycles. The Kier molecular flexibility index (Phi) is 6.94. The summed E-state index contributed by atoms with van der Waals surface area (Å²) in [6.45, 7) is 0.733. The van der Waals surface area contributed by atoms with E-state index in [1.807, 2.05) is 26.2 Å². The summed E-state index contributed by atoms with van der Waals surface area (Å²) in [5.41, 5.74) is 0.286. The summed E-state index contributed by atoms with van der Waals surface area (Å²) < 4.78 is 5.09. The number of ether oxygens (including phenoxy) is 1. The topological polar surface area (TPSA) is 87.1 Å². The molecule has 1 aliphatic rings. The van der Waals surface area contributed by atoms with Gasteiger partial charge in [-0.2, -0.15) is 0 Å². The summed E-state index contributed by atoms with van der Waals surface area (Å²) in [7, 11) is 3.98. The third-order valence-electron chi connectivity index (χ3n) is 4.78.